The first kappa shape index (κ1) is 22.2. The minimum absolute atomic E-state index is 0.00814. The zero-order chi connectivity index (χ0) is 22.5. The van der Waals surface area contributed by atoms with Gasteiger partial charge < -0.3 is 24.1 Å². The van der Waals surface area contributed by atoms with Gasteiger partial charge in [0.1, 0.15) is 22.8 Å². The smallest absolute Gasteiger partial charge is 0.371 e. The molecule has 3 rings (SSSR count). The maximum atomic E-state index is 11.7. The number of rotatable bonds is 10. The van der Waals surface area contributed by atoms with Gasteiger partial charge in [0.05, 0.1) is 18.8 Å². The number of benzene rings is 2. The summed E-state index contributed by atoms with van der Waals surface area (Å²) in [5, 5.41) is 20.2. The van der Waals surface area contributed by atoms with E-state index in [2.05, 4.69) is 0 Å². The Labute approximate surface area is 180 Å². The summed E-state index contributed by atoms with van der Waals surface area (Å²) in [5.41, 5.74) is 2.18. The summed E-state index contributed by atoms with van der Waals surface area (Å²) in [6.45, 7) is 6.00. The van der Waals surface area contributed by atoms with E-state index >= 15 is 0 Å². The van der Waals surface area contributed by atoms with Crippen molar-refractivity contribution in [3.63, 3.8) is 0 Å². The number of carbonyl (C=O) groups is 2. The number of phenolic OH excluding ortho intramolecular Hbond substituents is 1. The van der Waals surface area contributed by atoms with Gasteiger partial charge in [0, 0.05) is 22.9 Å². The lowest BCUT2D eigenvalue weighted by Gasteiger charge is -2.15. The molecule has 0 aliphatic heterocycles. The van der Waals surface area contributed by atoms with E-state index in [1.165, 1.54) is 13.0 Å². The molecule has 0 bridgehead atoms. The van der Waals surface area contributed by atoms with Gasteiger partial charge in [-0.3, -0.25) is 4.79 Å². The molecule has 0 fully saturated rings. The molecule has 0 amide bonds. The predicted molar refractivity (Wildman–Crippen MR) is 116 cm³/mol. The molecule has 0 aliphatic carbocycles. The van der Waals surface area contributed by atoms with E-state index in [-0.39, 0.29) is 17.3 Å². The third-order valence-corrected chi connectivity index (χ3v) is 5.02. The fraction of sp³-hybridized carbons (Fsp3) is 0.333. The molecule has 0 saturated carbocycles. The van der Waals surface area contributed by atoms with Crippen LogP contribution in [0, 0.1) is 6.92 Å². The Hall–Kier alpha value is -3.48. The van der Waals surface area contributed by atoms with Gasteiger partial charge >= 0.3 is 5.97 Å². The summed E-state index contributed by atoms with van der Waals surface area (Å²) < 4.78 is 17.1. The number of Topliss-reactive ketones (excluding diaryl/α,β-unsaturated/α-hetero) is 1. The van der Waals surface area contributed by atoms with Crippen LogP contribution in [0.1, 0.15) is 58.7 Å². The fourth-order valence-corrected chi connectivity index (χ4v) is 3.44. The summed E-state index contributed by atoms with van der Waals surface area (Å²) in [4.78, 5) is 22.8. The lowest BCUT2D eigenvalue weighted by molar-refractivity contribution is 0.0664. The topological polar surface area (TPSA) is 106 Å². The number of hydrogen-bond donors (Lipinski definition) is 2. The Morgan fingerprint density at radius 3 is 2.39 bits per heavy atom. The maximum Gasteiger partial charge on any atom is 0.371 e. The number of aromatic hydroxyl groups is 1. The van der Waals surface area contributed by atoms with Gasteiger partial charge in [-0.05, 0) is 50.6 Å². The molecule has 0 unspecified atom stereocenters. The second kappa shape index (κ2) is 9.55. The number of hydrogen-bond acceptors (Lipinski definition) is 6. The SMILES string of the molecule is CCCc1c(OCCCOc2ccc3cc(C(=O)O)oc3c2C)ccc(C(C)=O)c1O. The van der Waals surface area contributed by atoms with E-state index in [0.29, 0.717) is 59.7 Å². The number of furan rings is 1. The predicted octanol–water partition coefficient (Wildman–Crippen LogP) is 5.15. The van der Waals surface area contributed by atoms with Crippen LogP contribution in [-0.2, 0) is 6.42 Å². The van der Waals surface area contributed by atoms with Gasteiger partial charge in [0.15, 0.2) is 5.78 Å². The van der Waals surface area contributed by atoms with Crippen molar-refractivity contribution in [2.24, 2.45) is 0 Å². The molecular weight excluding hydrogens is 400 g/mol. The number of fused-ring (bicyclic) bond motifs is 1. The highest BCUT2D eigenvalue weighted by Crippen LogP contribution is 2.33. The Balaban J connectivity index is 1.60. The summed E-state index contributed by atoms with van der Waals surface area (Å²) in [5.74, 6) is -0.223. The maximum absolute atomic E-state index is 11.7. The number of phenols is 1. The highest BCUT2D eigenvalue weighted by Gasteiger charge is 2.16. The zero-order valence-electron chi connectivity index (χ0n) is 17.9. The first-order chi connectivity index (χ1) is 14.8. The van der Waals surface area contributed by atoms with Crippen molar-refractivity contribution in [3.05, 3.63) is 52.8 Å². The molecular formula is C24H26O7. The minimum Gasteiger partial charge on any atom is -0.507 e. The minimum atomic E-state index is -1.11. The number of carbonyl (C=O) groups excluding carboxylic acids is 1. The number of carboxylic acids is 1. The molecule has 0 spiro atoms. The largest absolute Gasteiger partial charge is 0.507 e. The van der Waals surface area contributed by atoms with Crippen LogP contribution in [0.25, 0.3) is 11.0 Å². The monoisotopic (exact) mass is 426 g/mol. The molecule has 7 heteroatoms. The molecule has 2 aromatic carbocycles. The van der Waals surface area contributed by atoms with Gasteiger partial charge in [-0.15, -0.1) is 0 Å². The molecule has 0 aliphatic rings. The Morgan fingerprint density at radius 2 is 1.74 bits per heavy atom. The molecule has 1 heterocycles. The average molecular weight is 426 g/mol. The van der Waals surface area contributed by atoms with Crippen LogP contribution in [0.15, 0.2) is 34.7 Å². The van der Waals surface area contributed by atoms with Crippen molar-refractivity contribution in [2.75, 3.05) is 13.2 Å². The van der Waals surface area contributed by atoms with Gasteiger partial charge in [-0.2, -0.15) is 0 Å². The van der Waals surface area contributed by atoms with E-state index in [9.17, 15) is 14.7 Å². The Kier molecular flexibility index (Phi) is 6.84. The molecule has 3 aromatic rings. The highest BCUT2D eigenvalue weighted by atomic mass is 16.5. The number of aromatic carboxylic acids is 1. The number of aryl methyl sites for hydroxylation is 1. The average Bonchev–Trinajstić information content (AvgIpc) is 3.17. The normalized spacial score (nSPS) is 10.9. The lowest BCUT2D eigenvalue weighted by Crippen LogP contribution is -2.07. The van der Waals surface area contributed by atoms with E-state index in [4.69, 9.17) is 19.0 Å². The molecule has 1 aromatic heterocycles. The first-order valence-electron chi connectivity index (χ1n) is 10.2. The highest BCUT2D eigenvalue weighted by molar-refractivity contribution is 5.97. The van der Waals surface area contributed by atoms with Crippen LogP contribution >= 0.6 is 0 Å². The Bertz CT molecular complexity index is 1110. The van der Waals surface area contributed by atoms with Crippen molar-refractivity contribution >= 4 is 22.7 Å². The third kappa shape index (κ3) is 4.82. The molecule has 164 valence electrons. The van der Waals surface area contributed by atoms with Crippen molar-refractivity contribution in [3.8, 4) is 17.2 Å². The van der Waals surface area contributed by atoms with Crippen LogP contribution in [0.4, 0.5) is 0 Å². The van der Waals surface area contributed by atoms with Crippen LogP contribution in [-0.4, -0.2) is 35.2 Å². The van der Waals surface area contributed by atoms with E-state index in [1.807, 2.05) is 13.8 Å². The lowest BCUT2D eigenvalue weighted by atomic mass is 10.0. The van der Waals surface area contributed by atoms with Crippen molar-refractivity contribution in [2.45, 2.75) is 40.0 Å². The van der Waals surface area contributed by atoms with Gasteiger partial charge in [-0.25, -0.2) is 4.79 Å². The van der Waals surface area contributed by atoms with Gasteiger partial charge in [0.25, 0.3) is 0 Å². The first-order valence-corrected chi connectivity index (χ1v) is 10.2. The molecule has 7 nitrogen and oxygen atoms in total. The van der Waals surface area contributed by atoms with Crippen LogP contribution in [0.2, 0.25) is 0 Å². The van der Waals surface area contributed by atoms with Crippen LogP contribution in [0.3, 0.4) is 0 Å². The van der Waals surface area contributed by atoms with Crippen molar-refractivity contribution in [1.82, 2.24) is 0 Å². The molecule has 0 atom stereocenters. The standard InChI is InChI=1S/C24H26O7/c1-4-6-18-20(10-8-17(15(3)25)22(18)26)30-12-5-11-29-19-9-7-16-13-21(24(27)28)31-23(16)14(19)2/h7-10,13,26H,4-6,11-12H2,1-3H3,(H,27,28). The fourth-order valence-electron chi connectivity index (χ4n) is 3.44. The number of carboxylic acid groups (broad SMARTS) is 1. The van der Waals surface area contributed by atoms with Crippen molar-refractivity contribution < 1.29 is 33.7 Å². The van der Waals surface area contributed by atoms with E-state index in [1.54, 1.807) is 24.3 Å². The zero-order valence-corrected chi connectivity index (χ0v) is 17.9. The second-order valence-corrected chi connectivity index (χ2v) is 7.32. The summed E-state index contributed by atoms with van der Waals surface area (Å²) >= 11 is 0. The molecule has 0 saturated heterocycles. The summed E-state index contributed by atoms with van der Waals surface area (Å²) in [7, 11) is 0. The third-order valence-electron chi connectivity index (χ3n) is 5.02. The van der Waals surface area contributed by atoms with Gasteiger partial charge in [0.2, 0.25) is 5.76 Å². The quantitative estimate of drug-likeness (QED) is 0.341. The summed E-state index contributed by atoms with van der Waals surface area (Å²) in [6, 6.07) is 8.34. The number of ether oxygens (including phenoxy) is 2. The molecule has 2 N–H and O–H groups in total. The molecule has 0 radical (unpaired) electrons. The Morgan fingerprint density at radius 1 is 1.06 bits per heavy atom. The second-order valence-electron chi connectivity index (χ2n) is 7.32. The summed E-state index contributed by atoms with van der Waals surface area (Å²) in [6.07, 6.45) is 2.02. The van der Waals surface area contributed by atoms with Crippen LogP contribution < -0.4 is 9.47 Å². The van der Waals surface area contributed by atoms with E-state index < -0.39 is 5.97 Å². The van der Waals surface area contributed by atoms with Gasteiger partial charge in [-0.1, -0.05) is 13.3 Å². The van der Waals surface area contributed by atoms with Crippen molar-refractivity contribution in [1.29, 1.82) is 0 Å². The van der Waals surface area contributed by atoms with Crippen LogP contribution in [0.5, 0.6) is 17.2 Å². The number of ketones is 1. The van der Waals surface area contributed by atoms with E-state index in [0.717, 1.165) is 12.0 Å². The molecule has 31 heavy (non-hydrogen) atoms.